The zero-order chi connectivity index (χ0) is 11.8. The zero-order valence-corrected chi connectivity index (χ0v) is 10.6. The molecule has 0 bridgehead atoms. The van der Waals surface area contributed by atoms with Gasteiger partial charge in [-0.1, -0.05) is 6.07 Å². The van der Waals surface area contributed by atoms with Crippen molar-refractivity contribution in [3.63, 3.8) is 0 Å². The van der Waals surface area contributed by atoms with E-state index >= 15 is 0 Å². The number of benzene rings is 1. The molecule has 4 nitrogen and oxygen atoms in total. The minimum absolute atomic E-state index is 0.180. The van der Waals surface area contributed by atoms with Crippen LogP contribution in [0.2, 0.25) is 0 Å². The fourth-order valence-corrected chi connectivity index (χ4v) is 3.30. The van der Waals surface area contributed by atoms with Crippen molar-refractivity contribution in [2.24, 2.45) is 0 Å². The lowest BCUT2D eigenvalue weighted by atomic mass is 10.1. The number of rotatable bonds is 2. The number of aromatic carboxylic acids is 1. The fraction of sp³-hybridized carbons (Fsp3) is 0.125. The Kier molecular flexibility index (Phi) is 3.42. The molecule has 0 radical (unpaired) electrons. The van der Waals surface area contributed by atoms with Gasteiger partial charge in [-0.2, -0.15) is 0 Å². The predicted octanol–water partition coefficient (Wildman–Crippen LogP) is 2.38. The van der Waals surface area contributed by atoms with E-state index in [9.17, 15) is 13.2 Å². The summed E-state index contributed by atoms with van der Waals surface area (Å²) in [5.74, 6) is -1.34. The van der Waals surface area contributed by atoms with Gasteiger partial charge in [-0.25, -0.2) is 13.2 Å². The van der Waals surface area contributed by atoms with Gasteiger partial charge < -0.3 is 5.11 Å². The normalized spacial score (nSPS) is 11.4. The van der Waals surface area contributed by atoms with Crippen molar-refractivity contribution in [3.8, 4) is 0 Å². The summed E-state index contributed by atoms with van der Waals surface area (Å²) < 4.78 is 22.6. The Morgan fingerprint density at radius 3 is 2.33 bits per heavy atom. The molecule has 0 amide bonds. The van der Waals surface area contributed by atoms with E-state index in [0.717, 1.165) is 0 Å². The first-order valence-corrected chi connectivity index (χ1v) is 6.82. The lowest BCUT2D eigenvalue weighted by Crippen LogP contribution is -2.08. The first-order chi connectivity index (χ1) is 6.75. The topological polar surface area (TPSA) is 71.4 Å². The molecule has 1 aromatic carbocycles. The molecule has 0 aromatic heterocycles. The molecule has 0 saturated carbocycles. The smallest absolute Gasteiger partial charge is 0.338 e. The van der Waals surface area contributed by atoms with Crippen LogP contribution in [0.1, 0.15) is 15.9 Å². The average Bonchev–Trinajstić information content (AvgIpc) is 2.05. The number of hydrogen-bond acceptors (Lipinski definition) is 3. The van der Waals surface area contributed by atoms with Gasteiger partial charge in [-0.15, -0.1) is 0 Å². The molecule has 0 spiro atoms. The summed E-state index contributed by atoms with van der Waals surface area (Å²) in [5.41, 5.74) is -0.0457. The highest BCUT2D eigenvalue weighted by Gasteiger charge is 2.25. The van der Waals surface area contributed by atoms with Crippen LogP contribution in [0.15, 0.2) is 21.5 Å². The minimum Gasteiger partial charge on any atom is -0.478 e. The Bertz CT molecular complexity index is 524. The summed E-state index contributed by atoms with van der Waals surface area (Å²) in [6, 6.07) is 2.94. The van der Waals surface area contributed by atoms with Crippen molar-refractivity contribution >= 4 is 41.6 Å². The maximum atomic E-state index is 11.2. The summed E-state index contributed by atoms with van der Waals surface area (Å²) in [7, 11) is 1.10. The lowest BCUT2D eigenvalue weighted by Gasteiger charge is -2.07. The zero-order valence-electron chi connectivity index (χ0n) is 7.49. The Morgan fingerprint density at radius 2 is 2.00 bits per heavy atom. The van der Waals surface area contributed by atoms with Crippen LogP contribution in [0, 0.1) is 6.92 Å². The van der Waals surface area contributed by atoms with E-state index in [2.05, 4.69) is 15.9 Å². The van der Waals surface area contributed by atoms with Crippen LogP contribution in [0.4, 0.5) is 0 Å². The van der Waals surface area contributed by atoms with Crippen LogP contribution >= 0.6 is 26.6 Å². The Hall–Kier alpha value is -0.590. The van der Waals surface area contributed by atoms with Gasteiger partial charge in [0, 0.05) is 15.2 Å². The molecule has 1 N–H and O–H groups in total. The average molecular weight is 314 g/mol. The summed E-state index contributed by atoms with van der Waals surface area (Å²) in [6.45, 7) is 1.48. The number of carboxylic acids is 1. The molecule has 0 aliphatic heterocycles. The van der Waals surface area contributed by atoms with E-state index in [1.54, 1.807) is 0 Å². The van der Waals surface area contributed by atoms with Crippen molar-refractivity contribution in [1.82, 2.24) is 0 Å². The number of halogens is 2. The largest absolute Gasteiger partial charge is 0.478 e. The number of aryl methyl sites for hydroxylation is 1. The van der Waals surface area contributed by atoms with E-state index in [1.165, 1.54) is 19.1 Å². The van der Waals surface area contributed by atoms with E-state index in [4.69, 9.17) is 15.8 Å². The first kappa shape index (κ1) is 12.5. The molecule has 0 aliphatic carbocycles. The summed E-state index contributed by atoms with van der Waals surface area (Å²) in [5, 5.41) is 8.88. The van der Waals surface area contributed by atoms with Crippen LogP contribution < -0.4 is 0 Å². The molecule has 0 atom stereocenters. The fourth-order valence-electron chi connectivity index (χ4n) is 1.18. The van der Waals surface area contributed by atoms with Gasteiger partial charge in [0.2, 0.25) is 0 Å². The third-order valence-corrected chi connectivity index (χ3v) is 3.90. The molecule has 1 aromatic rings. The Morgan fingerprint density at radius 1 is 1.47 bits per heavy atom. The van der Waals surface area contributed by atoms with Crippen molar-refractivity contribution < 1.29 is 18.3 Å². The van der Waals surface area contributed by atoms with Gasteiger partial charge in [-0.05, 0) is 34.5 Å². The Balaban J connectivity index is 3.76. The number of hydrogen-bond donors (Lipinski definition) is 1. The standard InChI is InChI=1S/C8H6BrClO4S/c1-4-2-3-5(9)6(8(11)12)7(4)15(10,13)14/h2-3H,1H3,(H,11,12). The van der Waals surface area contributed by atoms with E-state index in [1.807, 2.05) is 0 Å². The summed E-state index contributed by atoms with van der Waals surface area (Å²) >= 11 is 2.97. The Labute approximate surface area is 99.4 Å². The quantitative estimate of drug-likeness (QED) is 0.851. The summed E-state index contributed by atoms with van der Waals surface area (Å²) in [4.78, 5) is 10.5. The second kappa shape index (κ2) is 4.11. The monoisotopic (exact) mass is 312 g/mol. The number of carbonyl (C=O) groups is 1. The van der Waals surface area contributed by atoms with Crippen molar-refractivity contribution in [2.75, 3.05) is 0 Å². The molecule has 7 heteroatoms. The van der Waals surface area contributed by atoms with Crippen molar-refractivity contribution in [2.45, 2.75) is 11.8 Å². The molecule has 0 unspecified atom stereocenters. The van der Waals surface area contributed by atoms with Gasteiger partial charge in [0.25, 0.3) is 9.05 Å². The highest BCUT2D eigenvalue weighted by atomic mass is 79.9. The van der Waals surface area contributed by atoms with Crippen LogP contribution in [-0.2, 0) is 9.05 Å². The van der Waals surface area contributed by atoms with Crippen LogP contribution in [-0.4, -0.2) is 19.5 Å². The van der Waals surface area contributed by atoms with Gasteiger partial charge in [0.05, 0.1) is 5.56 Å². The van der Waals surface area contributed by atoms with Gasteiger partial charge in [0.15, 0.2) is 0 Å². The molecule has 0 saturated heterocycles. The third-order valence-electron chi connectivity index (χ3n) is 1.76. The third kappa shape index (κ3) is 2.50. The molecular formula is C8H6BrClO4S. The van der Waals surface area contributed by atoms with Gasteiger partial charge in [-0.3, -0.25) is 0 Å². The molecule has 0 aliphatic rings. The van der Waals surface area contributed by atoms with Gasteiger partial charge in [0.1, 0.15) is 4.90 Å². The SMILES string of the molecule is Cc1ccc(Br)c(C(=O)O)c1S(=O)(=O)Cl. The maximum Gasteiger partial charge on any atom is 0.338 e. The highest BCUT2D eigenvalue weighted by Crippen LogP contribution is 2.29. The second-order valence-corrected chi connectivity index (χ2v) is 6.17. The van der Waals surface area contributed by atoms with Crippen molar-refractivity contribution in [3.05, 3.63) is 27.7 Å². The first-order valence-electron chi connectivity index (χ1n) is 3.72. The second-order valence-electron chi connectivity index (χ2n) is 2.81. The van der Waals surface area contributed by atoms with Gasteiger partial charge >= 0.3 is 5.97 Å². The van der Waals surface area contributed by atoms with Crippen molar-refractivity contribution in [1.29, 1.82) is 0 Å². The summed E-state index contributed by atoms with van der Waals surface area (Å²) in [6.07, 6.45) is 0. The lowest BCUT2D eigenvalue weighted by molar-refractivity contribution is 0.0691. The molecule has 0 fully saturated rings. The van der Waals surface area contributed by atoms with Crippen LogP contribution in [0.3, 0.4) is 0 Å². The van der Waals surface area contributed by atoms with Crippen LogP contribution in [0.5, 0.6) is 0 Å². The van der Waals surface area contributed by atoms with E-state index < -0.39 is 15.0 Å². The molecular weight excluding hydrogens is 308 g/mol. The van der Waals surface area contributed by atoms with Crippen LogP contribution in [0.25, 0.3) is 0 Å². The molecule has 82 valence electrons. The molecule has 0 heterocycles. The highest BCUT2D eigenvalue weighted by molar-refractivity contribution is 9.10. The maximum absolute atomic E-state index is 11.2. The molecule has 1 rings (SSSR count). The number of carboxylic acid groups (broad SMARTS) is 1. The van der Waals surface area contributed by atoms with E-state index in [0.29, 0.717) is 5.56 Å². The predicted molar refractivity (Wildman–Crippen MR) is 58.9 cm³/mol. The molecule has 15 heavy (non-hydrogen) atoms. The van der Waals surface area contributed by atoms with E-state index in [-0.39, 0.29) is 14.9 Å². The minimum atomic E-state index is -4.07.